The summed E-state index contributed by atoms with van der Waals surface area (Å²) in [4.78, 5) is 10.3. The molecule has 1 N–H and O–H groups in total. The average Bonchev–Trinajstić information content (AvgIpc) is 2.13. The quantitative estimate of drug-likeness (QED) is 0.912. The van der Waals surface area contributed by atoms with Gasteiger partial charge in [0.2, 0.25) is 0 Å². The SMILES string of the molecule is O=C(O)CCc1ccc(OC(F)(F)F)cc1Cl. The Morgan fingerprint density at radius 2 is 2.06 bits per heavy atom. The standard InChI is InChI=1S/C10H8ClF3O3/c11-8-5-7(17-10(12,13)14)3-1-6(8)2-4-9(15)16/h1,3,5H,2,4H2,(H,15,16). The molecule has 0 aliphatic carbocycles. The summed E-state index contributed by atoms with van der Waals surface area (Å²) in [7, 11) is 0. The van der Waals surface area contributed by atoms with E-state index in [0.717, 1.165) is 12.1 Å². The van der Waals surface area contributed by atoms with Gasteiger partial charge in [-0.3, -0.25) is 4.79 Å². The fraction of sp³-hybridized carbons (Fsp3) is 0.300. The van der Waals surface area contributed by atoms with Gasteiger partial charge >= 0.3 is 12.3 Å². The van der Waals surface area contributed by atoms with E-state index in [0.29, 0.717) is 5.56 Å². The first-order valence-corrected chi connectivity index (χ1v) is 4.92. The Labute approximate surface area is 99.8 Å². The van der Waals surface area contributed by atoms with E-state index in [1.165, 1.54) is 6.07 Å². The Morgan fingerprint density at radius 1 is 1.41 bits per heavy atom. The van der Waals surface area contributed by atoms with Crippen LogP contribution >= 0.6 is 11.6 Å². The maximum Gasteiger partial charge on any atom is 0.573 e. The third-order valence-electron chi connectivity index (χ3n) is 1.87. The normalized spacial score (nSPS) is 11.3. The molecule has 0 saturated heterocycles. The number of aryl methyl sites for hydroxylation is 1. The molecular formula is C10H8ClF3O3. The van der Waals surface area contributed by atoms with E-state index in [1.807, 2.05) is 0 Å². The van der Waals surface area contributed by atoms with Crippen LogP contribution in [0.25, 0.3) is 0 Å². The molecule has 0 aliphatic rings. The van der Waals surface area contributed by atoms with Gasteiger partial charge in [0.1, 0.15) is 5.75 Å². The van der Waals surface area contributed by atoms with Gasteiger partial charge in [0.05, 0.1) is 0 Å². The van der Waals surface area contributed by atoms with E-state index in [4.69, 9.17) is 16.7 Å². The molecule has 1 aromatic carbocycles. The van der Waals surface area contributed by atoms with Crippen molar-refractivity contribution in [2.24, 2.45) is 0 Å². The van der Waals surface area contributed by atoms with Gasteiger partial charge in [-0.2, -0.15) is 0 Å². The Hall–Kier alpha value is -1.43. The predicted octanol–water partition coefficient (Wildman–Crippen LogP) is 3.26. The van der Waals surface area contributed by atoms with Crippen molar-refractivity contribution >= 4 is 17.6 Å². The molecule has 17 heavy (non-hydrogen) atoms. The van der Waals surface area contributed by atoms with Crippen LogP contribution in [0.5, 0.6) is 5.75 Å². The molecule has 3 nitrogen and oxygen atoms in total. The Balaban J connectivity index is 2.76. The molecule has 7 heteroatoms. The van der Waals surface area contributed by atoms with E-state index in [9.17, 15) is 18.0 Å². The van der Waals surface area contributed by atoms with Crippen LogP contribution in [0.2, 0.25) is 5.02 Å². The highest BCUT2D eigenvalue weighted by Gasteiger charge is 2.31. The van der Waals surface area contributed by atoms with Crippen LogP contribution in [-0.4, -0.2) is 17.4 Å². The van der Waals surface area contributed by atoms with E-state index in [1.54, 1.807) is 0 Å². The largest absolute Gasteiger partial charge is 0.573 e. The van der Waals surface area contributed by atoms with Crippen molar-refractivity contribution in [2.45, 2.75) is 19.2 Å². The number of carboxylic acids is 1. The van der Waals surface area contributed by atoms with Gasteiger partial charge in [-0.1, -0.05) is 17.7 Å². The summed E-state index contributed by atoms with van der Waals surface area (Å²) in [5.41, 5.74) is 0.462. The molecule has 1 aromatic rings. The smallest absolute Gasteiger partial charge is 0.481 e. The minimum absolute atomic E-state index is 0.0491. The number of rotatable bonds is 4. The van der Waals surface area contributed by atoms with Crippen LogP contribution in [0.1, 0.15) is 12.0 Å². The molecule has 0 bridgehead atoms. The summed E-state index contributed by atoms with van der Waals surface area (Å²) in [6.45, 7) is 0. The summed E-state index contributed by atoms with van der Waals surface area (Å²) in [6, 6.07) is 3.41. The topological polar surface area (TPSA) is 46.5 Å². The zero-order chi connectivity index (χ0) is 13.1. The Bertz CT molecular complexity index is 418. The van der Waals surface area contributed by atoms with Crippen molar-refractivity contribution < 1.29 is 27.8 Å². The van der Waals surface area contributed by atoms with Crippen LogP contribution in [0.3, 0.4) is 0 Å². The number of halogens is 4. The molecule has 0 spiro atoms. The first-order valence-electron chi connectivity index (χ1n) is 4.54. The van der Waals surface area contributed by atoms with Crippen LogP contribution in [-0.2, 0) is 11.2 Å². The van der Waals surface area contributed by atoms with Crippen LogP contribution in [0.15, 0.2) is 18.2 Å². The van der Waals surface area contributed by atoms with E-state index in [2.05, 4.69) is 4.74 Å². The zero-order valence-corrected chi connectivity index (χ0v) is 9.18. The van der Waals surface area contributed by atoms with Gasteiger partial charge in [-0.05, 0) is 24.1 Å². The lowest BCUT2D eigenvalue weighted by Gasteiger charge is -2.10. The summed E-state index contributed by atoms with van der Waals surface area (Å²) < 4.78 is 39.3. The minimum Gasteiger partial charge on any atom is -0.481 e. The summed E-state index contributed by atoms with van der Waals surface area (Å²) in [6.07, 6.45) is -4.76. The van der Waals surface area contributed by atoms with Crippen molar-refractivity contribution in [1.29, 1.82) is 0 Å². The second-order valence-electron chi connectivity index (χ2n) is 3.19. The van der Waals surface area contributed by atoms with Crippen molar-refractivity contribution in [2.75, 3.05) is 0 Å². The second-order valence-corrected chi connectivity index (χ2v) is 3.60. The molecule has 0 fully saturated rings. The summed E-state index contributed by atoms with van der Waals surface area (Å²) in [5, 5.41) is 8.51. The van der Waals surface area contributed by atoms with Crippen LogP contribution in [0.4, 0.5) is 13.2 Å². The number of hydrogen-bond acceptors (Lipinski definition) is 2. The second kappa shape index (κ2) is 5.27. The fourth-order valence-corrected chi connectivity index (χ4v) is 1.43. The molecule has 0 atom stereocenters. The lowest BCUT2D eigenvalue weighted by atomic mass is 10.1. The number of hydrogen-bond donors (Lipinski definition) is 1. The van der Waals surface area contributed by atoms with Gasteiger partial charge in [0.25, 0.3) is 0 Å². The van der Waals surface area contributed by atoms with Crippen molar-refractivity contribution in [3.8, 4) is 5.75 Å². The third kappa shape index (κ3) is 4.95. The van der Waals surface area contributed by atoms with Crippen LogP contribution < -0.4 is 4.74 Å². The molecule has 1 rings (SSSR count). The Kier molecular flexibility index (Phi) is 4.22. The van der Waals surface area contributed by atoms with Gasteiger partial charge in [0.15, 0.2) is 0 Å². The average molecular weight is 269 g/mol. The van der Waals surface area contributed by atoms with Gasteiger partial charge in [0, 0.05) is 11.4 Å². The zero-order valence-electron chi connectivity index (χ0n) is 8.42. The highest BCUT2D eigenvalue weighted by molar-refractivity contribution is 6.31. The Morgan fingerprint density at radius 3 is 2.53 bits per heavy atom. The predicted molar refractivity (Wildman–Crippen MR) is 54.1 cm³/mol. The number of aliphatic carboxylic acids is 1. The molecule has 0 aromatic heterocycles. The number of ether oxygens (including phenoxy) is 1. The van der Waals surface area contributed by atoms with Crippen molar-refractivity contribution in [3.63, 3.8) is 0 Å². The molecule has 0 saturated carbocycles. The molecule has 0 amide bonds. The molecule has 0 unspecified atom stereocenters. The number of alkyl halides is 3. The number of carbonyl (C=O) groups is 1. The van der Waals surface area contributed by atoms with E-state index >= 15 is 0 Å². The van der Waals surface area contributed by atoms with Crippen molar-refractivity contribution in [1.82, 2.24) is 0 Å². The first-order chi connectivity index (χ1) is 7.78. The maximum atomic E-state index is 11.9. The number of benzene rings is 1. The molecule has 0 aliphatic heterocycles. The highest BCUT2D eigenvalue weighted by atomic mass is 35.5. The van der Waals surface area contributed by atoms with Gasteiger partial charge in [-0.25, -0.2) is 0 Å². The van der Waals surface area contributed by atoms with E-state index in [-0.39, 0.29) is 17.9 Å². The van der Waals surface area contributed by atoms with Crippen molar-refractivity contribution in [3.05, 3.63) is 28.8 Å². The lowest BCUT2D eigenvalue weighted by molar-refractivity contribution is -0.274. The summed E-state index contributed by atoms with van der Waals surface area (Å²) >= 11 is 5.70. The van der Waals surface area contributed by atoms with Gasteiger partial charge in [-0.15, -0.1) is 13.2 Å². The van der Waals surface area contributed by atoms with E-state index < -0.39 is 18.1 Å². The third-order valence-corrected chi connectivity index (χ3v) is 2.22. The summed E-state index contributed by atoms with van der Waals surface area (Å²) in [5.74, 6) is -1.43. The van der Waals surface area contributed by atoms with Crippen LogP contribution in [0, 0.1) is 0 Å². The molecular weight excluding hydrogens is 261 g/mol. The molecule has 94 valence electrons. The minimum atomic E-state index is -4.77. The first kappa shape index (κ1) is 13.6. The molecule has 0 radical (unpaired) electrons. The maximum absolute atomic E-state index is 11.9. The monoisotopic (exact) mass is 268 g/mol. The van der Waals surface area contributed by atoms with Gasteiger partial charge < -0.3 is 9.84 Å². The fourth-order valence-electron chi connectivity index (χ4n) is 1.17. The number of carboxylic acid groups (broad SMARTS) is 1. The lowest BCUT2D eigenvalue weighted by Crippen LogP contribution is -2.17. The highest BCUT2D eigenvalue weighted by Crippen LogP contribution is 2.28. The molecule has 0 heterocycles.